The van der Waals surface area contributed by atoms with Crippen LogP contribution in [-0.4, -0.2) is 17.0 Å². The molecule has 23 heavy (non-hydrogen) atoms. The van der Waals surface area contributed by atoms with Crippen LogP contribution in [0.25, 0.3) is 11.0 Å². The average Bonchev–Trinajstić information content (AvgIpc) is 2.54. The van der Waals surface area contributed by atoms with Crippen LogP contribution in [0.3, 0.4) is 0 Å². The molecule has 0 bridgehead atoms. The fourth-order valence-corrected chi connectivity index (χ4v) is 2.19. The molecule has 0 saturated heterocycles. The first-order valence-corrected chi connectivity index (χ1v) is 6.76. The zero-order chi connectivity index (χ0) is 16.4. The van der Waals surface area contributed by atoms with E-state index in [2.05, 4.69) is 4.99 Å². The van der Waals surface area contributed by atoms with Crippen molar-refractivity contribution >= 4 is 28.5 Å². The quantitative estimate of drug-likeness (QED) is 0.775. The van der Waals surface area contributed by atoms with E-state index in [9.17, 15) is 14.7 Å². The normalized spacial score (nSPS) is 11.6. The van der Waals surface area contributed by atoms with Crippen molar-refractivity contribution in [2.75, 3.05) is 0 Å². The van der Waals surface area contributed by atoms with Crippen LogP contribution in [0.5, 0.6) is 0 Å². The van der Waals surface area contributed by atoms with E-state index in [-0.39, 0.29) is 22.4 Å². The molecule has 0 aliphatic heterocycles. The Kier molecular flexibility index (Phi) is 3.64. The van der Waals surface area contributed by atoms with Crippen molar-refractivity contribution in [1.29, 1.82) is 0 Å². The van der Waals surface area contributed by atoms with Crippen LogP contribution in [-0.2, 0) is 0 Å². The molecule has 0 aliphatic carbocycles. The number of primary amides is 1. The molecule has 3 N–H and O–H groups in total. The van der Waals surface area contributed by atoms with E-state index in [0.717, 1.165) is 0 Å². The Balaban J connectivity index is 2.32. The third-order valence-electron chi connectivity index (χ3n) is 3.28. The minimum absolute atomic E-state index is 0.00581. The minimum atomic E-state index is -1.12. The molecule has 1 amide bonds. The number of nitrogens with zero attached hydrogens (tertiary/aromatic N) is 1. The summed E-state index contributed by atoms with van der Waals surface area (Å²) in [7, 11) is 0. The van der Waals surface area contributed by atoms with Gasteiger partial charge in [-0.1, -0.05) is 30.3 Å². The summed E-state index contributed by atoms with van der Waals surface area (Å²) in [5, 5.41) is 9.91. The molecular formula is C17H12N2O4. The van der Waals surface area contributed by atoms with Gasteiger partial charge < -0.3 is 15.3 Å². The standard InChI is InChI=1S/C17H12N2O4/c18-15(20)12-9-10-5-1-4-8-14(10)23-16(12)19-13-7-3-2-6-11(13)17(21)22/h1-9H,(H2,18,20)(H,21,22). The Morgan fingerprint density at radius 2 is 1.70 bits per heavy atom. The Bertz CT molecular complexity index is 989. The fraction of sp³-hybridized carbons (Fsp3) is 0. The van der Waals surface area contributed by atoms with E-state index in [1.54, 1.807) is 42.5 Å². The molecule has 114 valence electrons. The zero-order valence-corrected chi connectivity index (χ0v) is 11.9. The van der Waals surface area contributed by atoms with Gasteiger partial charge in [0.1, 0.15) is 11.1 Å². The average molecular weight is 308 g/mol. The highest BCUT2D eigenvalue weighted by molar-refractivity contribution is 5.96. The Hall–Kier alpha value is -3.41. The fourth-order valence-electron chi connectivity index (χ4n) is 2.19. The lowest BCUT2D eigenvalue weighted by Crippen LogP contribution is -2.21. The summed E-state index contributed by atoms with van der Waals surface area (Å²) >= 11 is 0. The Morgan fingerprint density at radius 1 is 1.00 bits per heavy atom. The number of nitrogens with two attached hydrogens (primary N) is 1. The number of benzene rings is 2. The number of carboxylic acid groups (broad SMARTS) is 1. The molecule has 0 radical (unpaired) electrons. The molecule has 3 aromatic rings. The summed E-state index contributed by atoms with van der Waals surface area (Å²) in [5.41, 5.74) is 6.15. The van der Waals surface area contributed by atoms with Gasteiger partial charge in [0.15, 0.2) is 0 Å². The van der Waals surface area contributed by atoms with Crippen LogP contribution < -0.4 is 11.3 Å². The Labute approximate surface area is 130 Å². The van der Waals surface area contributed by atoms with Crippen molar-refractivity contribution in [1.82, 2.24) is 0 Å². The first-order chi connectivity index (χ1) is 11.1. The largest absolute Gasteiger partial charge is 0.478 e. The zero-order valence-electron chi connectivity index (χ0n) is 11.9. The van der Waals surface area contributed by atoms with Crippen molar-refractivity contribution in [3.05, 3.63) is 71.3 Å². The monoisotopic (exact) mass is 308 g/mol. The summed E-state index contributed by atoms with van der Waals surface area (Å²) in [6, 6.07) is 14.9. The number of hydrogen-bond donors (Lipinski definition) is 2. The smallest absolute Gasteiger partial charge is 0.337 e. The molecule has 2 aromatic carbocycles. The molecule has 0 atom stereocenters. The van der Waals surface area contributed by atoms with Gasteiger partial charge in [0.2, 0.25) is 5.55 Å². The number of carbonyl (C=O) groups excluding carboxylic acids is 1. The summed E-state index contributed by atoms with van der Waals surface area (Å²) in [6.07, 6.45) is 0. The molecule has 0 saturated carbocycles. The van der Waals surface area contributed by atoms with Gasteiger partial charge in [-0.25, -0.2) is 9.79 Å². The SMILES string of the molecule is NC(=O)c1cc2ccccc2oc1=Nc1ccccc1C(=O)O. The number of aromatic carboxylic acids is 1. The Morgan fingerprint density at radius 3 is 2.43 bits per heavy atom. The lowest BCUT2D eigenvalue weighted by molar-refractivity contribution is 0.0697. The second-order valence-corrected chi connectivity index (χ2v) is 4.80. The van der Waals surface area contributed by atoms with Crippen molar-refractivity contribution < 1.29 is 19.1 Å². The van der Waals surface area contributed by atoms with E-state index in [1.807, 2.05) is 0 Å². The van der Waals surface area contributed by atoms with Gasteiger partial charge in [-0.3, -0.25) is 4.79 Å². The summed E-state index contributed by atoms with van der Waals surface area (Å²) in [5.74, 6) is -1.82. The number of hydrogen-bond acceptors (Lipinski definition) is 4. The lowest BCUT2D eigenvalue weighted by atomic mass is 10.1. The minimum Gasteiger partial charge on any atom is -0.478 e. The highest BCUT2D eigenvalue weighted by Gasteiger charge is 2.12. The highest BCUT2D eigenvalue weighted by Crippen LogP contribution is 2.19. The molecule has 6 heteroatoms. The first kappa shape index (κ1) is 14.5. The number of carboxylic acids is 1. The number of fused-ring (bicyclic) bond motifs is 1. The number of rotatable bonds is 3. The molecule has 6 nitrogen and oxygen atoms in total. The predicted octanol–water partition coefficient (Wildman–Crippen LogP) is 2.46. The molecule has 0 aliphatic rings. The maximum absolute atomic E-state index is 11.7. The third-order valence-corrected chi connectivity index (χ3v) is 3.28. The number of para-hydroxylation sites is 2. The topological polar surface area (TPSA) is 106 Å². The van der Waals surface area contributed by atoms with Crippen molar-refractivity contribution in [3.63, 3.8) is 0 Å². The van der Waals surface area contributed by atoms with Gasteiger partial charge in [-0.05, 0) is 24.3 Å². The summed E-state index contributed by atoms with van der Waals surface area (Å²) < 4.78 is 5.63. The van der Waals surface area contributed by atoms with Crippen molar-refractivity contribution in [2.45, 2.75) is 0 Å². The van der Waals surface area contributed by atoms with Crippen LogP contribution in [0.2, 0.25) is 0 Å². The van der Waals surface area contributed by atoms with Gasteiger partial charge in [0.05, 0.1) is 11.3 Å². The number of carbonyl (C=O) groups is 2. The van der Waals surface area contributed by atoms with Gasteiger partial charge in [0.25, 0.3) is 5.91 Å². The highest BCUT2D eigenvalue weighted by atomic mass is 16.4. The maximum atomic E-state index is 11.7. The lowest BCUT2D eigenvalue weighted by Gasteiger charge is -2.03. The van der Waals surface area contributed by atoms with E-state index in [4.69, 9.17) is 10.2 Å². The maximum Gasteiger partial charge on any atom is 0.337 e. The van der Waals surface area contributed by atoms with Gasteiger partial charge in [0, 0.05) is 5.39 Å². The van der Waals surface area contributed by atoms with Gasteiger partial charge >= 0.3 is 5.97 Å². The van der Waals surface area contributed by atoms with Crippen LogP contribution in [0.4, 0.5) is 5.69 Å². The van der Waals surface area contributed by atoms with Crippen molar-refractivity contribution in [3.8, 4) is 0 Å². The van der Waals surface area contributed by atoms with E-state index >= 15 is 0 Å². The molecule has 1 aromatic heterocycles. The predicted molar refractivity (Wildman–Crippen MR) is 83.4 cm³/mol. The van der Waals surface area contributed by atoms with Crippen LogP contribution >= 0.6 is 0 Å². The molecular weight excluding hydrogens is 296 g/mol. The molecule has 3 rings (SSSR count). The third kappa shape index (κ3) is 2.82. The van der Waals surface area contributed by atoms with Crippen molar-refractivity contribution in [2.24, 2.45) is 10.7 Å². The van der Waals surface area contributed by atoms with Gasteiger partial charge in [-0.15, -0.1) is 0 Å². The summed E-state index contributed by atoms with van der Waals surface area (Å²) in [4.78, 5) is 27.1. The van der Waals surface area contributed by atoms with E-state index < -0.39 is 11.9 Å². The van der Waals surface area contributed by atoms with Crippen LogP contribution in [0.15, 0.2) is 64.0 Å². The summed E-state index contributed by atoms with van der Waals surface area (Å²) in [6.45, 7) is 0. The number of amides is 1. The van der Waals surface area contributed by atoms with Crippen LogP contribution in [0.1, 0.15) is 20.7 Å². The second-order valence-electron chi connectivity index (χ2n) is 4.80. The molecule has 0 fully saturated rings. The first-order valence-electron chi connectivity index (χ1n) is 6.76. The van der Waals surface area contributed by atoms with Crippen LogP contribution in [0, 0.1) is 0 Å². The molecule has 1 heterocycles. The molecule has 0 unspecified atom stereocenters. The second kappa shape index (κ2) is 5.76. The molecule has 0 spiro atoms. The van der Waals surface area contributed by atoms with E-state index in [0.29, 0.717) is 11.0 Å². The van der Waals surface area contributed by atoms with Gasteiger partial charge in [-0.2, -0.15) is 0 Å². The van der Waals surface area contributed by atoms with E-state index in [1.165, 1.54) is 12.1 Å².